The summed E-state index contributed by atoms with van der Waals surface area (Å²) >= 11 is 2.39. The third-order valence-corrected chi connectivity index (χ3v) is 11.5. The van der Waals surface area contributed by atoms with Crippen molar-refractivity contribution in [1.29, 1.82) is 0 Å². The summed E-state index contributed by atoms with van der Waals surface area (Å²) in [7, 11) is 0. The van der Waals surface area contributed by atoms with Gasteiger partial charge in [-0.05, 0) is 98.2 Å². The standard InChI is InChI=1S/C27H45IO/c1-18(2)6-5-7-19(3)24-10-11-25-23-9-8-20-16-27(29,17-28)15-13-21(20)22(23)12-14-26(24,25)4/h8,18-19,21-25,29H,5-7,9-17H2,1-4H3/t19-,21+,22-,23-,24-,25+,26-,27?/m1/s1. The summed E-state index contributed by atoms with van der Waals surface area (Å²) in [5.41, 5.74) is 1.82. The van der Waals surface area contributed by atoms with E-state index in [1.807, 2.05) is 0 Å². The van der Waals surface area contributed by atoms with Gasteiger partial charge in [0.15, 0.2) is 0 Å². The van der Waals surface area contributed by atoms with Gasteiger partial charge in [0.2, 0.25) is 0 Å². The van der Waals surface area contributed by atoms with E-state index in [1.54, 1.807) is 5.57 Å². The molecule has 0 aromatic carbocycles. The molecule has 0 aromatic rings. The van der Waals surface area contributed by atoms with Crippen molar-refractivity contribution in [2.45, 2.75) is 104 Å². The molecule has 3 fully saturated rings. The minimum atomic E-state index is -0.414. The highest BCUT2D eigenvalue weighted by Crippen LogP contribution is 2.65. The Bertz CT molecular complexity index is 612. The smallest absolute Gasteiger partial charge is 0.0774 e. The first-order valence-electron chi connectivity index (χ1n) is 12.7. The summed E-state index contributed by atoms with van der Waals surface area (Å²) in [6.07, 6.45) is 17.3. The van der Waals surface area contributed by atoms with Crippen molar-refractivity contribution in [3.8, 4) is 0 Å². The molecule has 8 atom stereocenters. The first-order valence-corrected chi connectivity index (χ1v) is 14.3. The summed E-state index contributed by atoms with van der Waals surface area (Å²) in [6, 6.07) is 0. The first kappa shape index (κ1) is 22.6. The Hall–Kier alpha value is 0.430. The summed E-state index contributed by atoms with van der Waals surface area (Å²) in [5.74, 6) is 6.33. The topological polar surface area (TPSA) is 20.2 Å². The van der Waals surface area contributed by atoms with Crippen LogP contribution in [0, 0.1) is 46.8 Å². The molecule has 29 heavy (non-hydrogen) atoms. The molecule has 0 spiro atoms. The quantitative estimate of drug-likeness (QED) is 0.219. The van der Waals surface area contributed by atoms with E-state index < -0.39 is 5.60 Å². The van der Waals surface area contributed by atoms with Gasteiger partial charge in [0.05, 0.1) is 5.60 Å². The largest absolute Gasteiger partial charge is 0.389 e. The molecule has 1 N–H and O–H groups in total. The second-order valence-electron chi connectivity index (χ2n) is 12.2. The number of aliphatic hydroxyl groups is 1. The summed E-state index contributed by atoms with van der Waals surface area (Å²) in [5, 5.41) is 10.9. The van der Waals surface area contributed by atoms with Crippen LogP contribution in [0.25, 0.3) is 0 Å². The summed E-state index contributed by atoms with van der Waals surface area (Å²) < 4.78 is 0.889. The van der Waals surface area contributed by atoms with E-state index in [0.29, 0.717) is 5.41 Å². The van der Waals surface area contributed by atoms with Crippen LogP contribution < -0.4 is 0 Å². The van der Waals surface area contributed by atoms with E-state index in [1.165, 1.54) is 57.8 Å². The van der Waals surface area contributed by atoms with Crippen molar-refractivity contribution in [3.05, 3.63) is 11.6 Å². The minimum absolute atomic E-state index is 0.414. The van der Waals surface area contributed by atoms with Crippen molar-refractivity contribution in [2.75, 3.05) is 4.43 Å². The molecule has 1 nitrogen and oxygen atoms in total. The Morgan fingerprint density at radius 1 is 1.07 bits per heavy atom. The van der Waals surface area contributed by atoms with Crippen molar-refractivity contribution in [1.82, 2.24) is 0 Å². The molecule has 0 radical (unpaired) electrons. The van der Waals surface area contributed by atoms with Crippen LogP contribution in [0.15, 0.2) is 11.6 Å². The summed E-state index contributed by atoms with van der Waals surface area (Å²) in [4.78, 5) is 0. The van der Waals surface area contributed by atoms with Crippen LogP contribution in [-0.2, 0) is 0 Å². The normalized spacial score (nSPS) is 45.3. The van der Waals surface area contributed by atoms with Gasteiger partial charge in [-0.2, -0.15) is 0 Å². The van der Waals surface area contributed by atoms with E-state index in [2.05, 4.69) is 56.4 Å². The van der Waals surface area contributed by atoms with E-state index in [4.69, 9.17) is 0 Å². The number of rotatable bonds is 6. The van der Waals surface area contributed by atoms with Gasteiger partial charge >= 0.3 is 0 Å². The zero-order valence-electron chi connectivity index (χ0n) is 19.4. The first-order chi connectivity index (χ1) is 13.8. The van der Waals surface area contributed by atoms with Crippen LogP contribution in [0.5, 0.6) is 0 Å². The van der Waals surface area contributed by atoms with Gasteiger partial charge in [0.25, 0.3) is 0 Å². The molecule has 0 saturated heterocycles. The SMILES string of the molecule is CC(C)CCC[C@@H](C)[C@H]1CC[C@H]2[C@@H]3CC=C4CC(O)(CI)CC[C@@H]4[C@H]3CC[C@]12C. The van der Waals surface area contributed by atoms with Crippen LogP contribution in [0.4, 0.5) is 0 Å². The molecule has 0 aromatic heterocycles. The fraction of sp³-hybridized carbons (Fsp3) is 0.926. The predicted molar refractivity (Wildman–Crippen MR) is 132 cm³/mol. The maximum absolute atomic E-state index is 10.9. The minimum Gasteiger partial charge on any atom is -0.389 e. The van der Waals surface area contributed by atoms with Crippen molar-refractivity contribution in [3.63, 3.8) is 0 Å². The van der Waals surface area contributed by atoms with E-state index in [-0.39, 0.29) is 0 Å². The maximum Gasteiger partial charge on any atom is 0.0774 e. The fourth-order valence-corrected chi connectivity index (χ4v) is 9.15. The highest BCUT2D eigenvalue weighted by Gasteiger charge is 2.57. The number of fused-ring (bicyclic) bond motifs is 5. The zero-order valence-corrected chi connectivity index (χ0v) is 21.6. The lowest BCUT2D eigenvalue weighted by molar-refractivity contribution is -0.0392. The van der Waals surface area contributed by atoms with E-state index >= 15 is 0 Å². The average molecular weight is 513 g/mol. The molecule has 166 valence electrons. The molecule has 1 unspecified atom stereocenters. The van der Waals surface area contributed by atoms with Crippen molar-refractivity contribution < 1.29 is 5.11 Å². The summed E-state index contributed by atoms with van der Waals surface area (Å²) in [6.45, 7) is 10.0. The monoisotopic (exact) mass is 512 g/mol. The number of alkyl halides is 1. The Morgan fingerprint density at radius 2 is 1.86 bits per heavy atom. The molecule has 0 aliphatic heterocycles. The van der Waals surface area contributed by atoms with Crippen LogP contribution in [-0.4, -0.2) is 15.1 Å². The third-order valence-electron chi connectivity index (χ3n) is 10.0. The highest BCUT2D eigenvalue weighted by molar-refractivity contribution is 14.1. The lowest BCUT2D eigenvalue weighted by atomic mass is 9.50. The fourth-order valence-electron chi connectivity index (χ4n) is 8.50. The van der Waals surface area contributed by atoms with E-state index in [9.17, 15) is 5.11 Å². The van der Waals surface area contributed by atoms with Gasteiger partial charge in [-0.15, -0.1) is 0 Å². The number of hydrogen-bond acceptors (Lipinski definition) is 1. The average Bonchev–Trinajstić information content (AvgIpc) is 3.04. The van der Waals surface area contributed by atoms with Crippen LogP contribution in [0.2, 0.25) is 0 Å². The van der Waals surface area contributed by atoms with Gasteiger partial charge in [-0.25, -0.2) is 0 Å². The van der Waals surface area contributed by atoms with E-state index in [0.717, 1.165) is 58.7 Å². The molecule has 3 saturated carbocycles. The van der Waals surface area contributed by atoms with Crippen LogP contribution >= 0.6 is 22.6 Å². The lowest BCUT2D eigenvalue weighted by Crippen LogP contribution is -2.48. The Balaban J connectivity index is 1.45. The Morgan fingerprint density at radius 3 is 2.59 bits per heavy atom. The molecule has 4 aliphatic rings. The second kappa shape index (κ2) is 8.75. The molecule has 4 aliphatic carbocycles. The second-order valence-corrected chi connectivity index (χ2v) is 12.9. The number of halogens is 1. The van der Waals surface area contributed by atoms with Gasteiger partial charge in [-0.3, -0.25) is 0 Å². The third kappa shape index (κ3) is 4.24. The van der Waals surface area contributed by atoms with Gasteiger partial charge in [0.1, 0.15) is 0 Å². The van der Waals surface area contributed by atoms with Gasteiger partial charge in [0, 0.05) is 4.43 Å². The lowest BCUT2D eigenvalue weighted by Gasteiger charge is -2.55. The molecular weight excluding hydrogens is 467 g/mol. The van der Waals surface area contributed by atoms with Crippen LogP contribution in [0.3, 0.4) is 0 Å². The van der Waals surface area contributed by atoms with Crippen molar-refractivity contribution in [2.24, 2.45) is 46.8 Å². The molecule has 0 amide bonds. The molecule has 0 heterocycles. The number of hydrogen-bond donors (Lipinski definition) is 1. The van der Waals surface area contributed by atoms with Crippen molar-refractivity contribution >= 4 is 22.6 Å². The van der Waals surface area contributed by atoms with Gasteiger partial charge in [-0.1, -0.05) is 81.2 Å². The van der Waals surface area contributed by atoms with Gasteiger partial charge < -0.3 is 5.11 Å². The molecule has 4 rings (SSSR count). The van der Waals surface area contributed by atoms with Crippen LogP contribution in [0.1, 0.15) is 98.3 Å². The zero-order chi connectivity index (χ0) is 20.8. The Kier molecular flexibility index (Phi) is 6.83. The highest BCUT2D eigenvalue weighted by atomic mass is 127. The molecular formula is C27H45IO. The number of allylic oxidation sites excluding steroid dienone is 1. The Labute approximate surface area is 194 Å². The predicted octanol–water partition coefficient (Wildman–Crippen LogP) is 7.80. The molecule has 2 heteroatoms. The maximum atomic E-state index is 10.9. The molecule has 0 bridgehead atoms.